The normalized spacial score (nSPS) is 35.4. The van der Waals surface area contributed by atoms with Gasteiger partial charge >= 0.3 is 296 Å². The van der Waals surface area contributed by atoms with Crippen LogP contribution in [-0.4, -0.2) is 342 Å². The Kier molecular flexibility index (Phi) is 58.3. The van der Waals surface area contributed by atoms with Crippen molar-refractivity contribution in [3.63, 3.8) is 0 Å². The maximum absolute atomic E-state index is 12.9. The molecule has 6 rings (SSSR count). The molecule has 71 heteroatoms. The summed E-state index contributed by atoms with van der Waals surface area (Å²) in [5, 5.41) is 118. The van der Waals surface area contributed by atoms with Crippen molar-refractivity contribution in [3.05, 3.63) is 11.8 Å². The number of carbonyl (C=O) groups is 4. The quantitative estimate of drug-likeness (QED) is 0.0175. The number of carboxylic acid groups (broad SMARTS) is 3. The van der Waals surface area contributed by atoms with E-state index in [4.69, 9.17) is 52.1 Å². The first-order valence-corrected chi connectivity index (χ1v) is 36.2. The van der Waals surface area contributed by atoms with E-state index in [-0.39, 0.29) is 296 Å². The van der Waals surface area contributed by atoms with Crippen LogP contribution in [0.2, 0.25) is 0 Å². The van der Waals surface area contributed by atoms with Gasteiger partial charge in [-0.15, -0.1) is 0 Å². The fourth-order valence-electron chi connectivity index (χ4n) is 10.3. The Morgan fingerprint density at radius 1 is 0.400 bits per heavy atom. The van der Waals surface area contributed by atoms with Gasteiger partial charge in [-0.25, -0.2) is 68.4 Å². The van der Waals surface area contributed by atoms with Crippen LogP contribution in [0.25, 0.3) is 0 Å². The van der Waals surface area contributed by atoms with Crippen LogP contribution >= 0.6 is 0 Å². The Labute approximate surface area is 844 Å². The Bertz CT molecular complexity index is 3840. The van der Waals surface area contributed by atoms with E-state index in [1.807, 2.05) is 5.32 Å². The molecule has 10 N–H and O–H groups in total. The smallest absolute Gasteiger partial charge is 0.735 e. The maximum atomic E-state index is 12.9. The molecule has 5 fully saturated rings. The third-order valence-electron chi connectivity index (χ3n) is 14.2. The Balaban J connectivity index is -0.00000367. The summed E-state index contributed by atoms with van der Waals surface area (Å²) < 4.78 is 333. The Morgan fingerprint density at radius 2 is 0.755 bits per heavy atom. The number of ether oxygens (including phenoxy) is 11. The van der Waals surface area contributed by atoms with Gasteiger partial charge in [-0.05, 0) is 13.0 Å². The first-order chi connectivity index (χ1) is 45.5. The number of carbonyl (C=O) groups excluding carboxylic acids is 4. The molecule has 1 unspecified atom stereocenters. The molecule has 580 valence electrons. The molecule has 6 heterocycles. The Hall–Kier alpha value is 5.83. The molecule has 0 aromatic heterocycles. The van der Waals surface area contributed by atoms with E-state index >= 15 is 0 Å². The molecule has 0 spiro atoms. The summed E-state index contributed by atoms with van der Waals surface area (Å²) in [6.07, 6.45) is -71.8. The van der Waals surface area contributed by atoms with Crippen molar-refractivity contribution in [2.45, 2.75) is 186 Å². The van der Waals surface area contributed by atoms with E-state index < -0.39 is 294 Å². The summed E-state index contributed by atoms with van der Waals surface area (Å²) in [6, 6.07) is -8.05. The SMILES string of the molecule is CC(=O)N[C@H]1[C@@H](O[C@H]2[C@H](O)[C@@H](O)[C@H](O[C@H]3[C@H](OS(=O)(=O)[O-])[C@@H](NS(=O)(=O)[O-])[C@@H](O[C@H]4[C@H](O)[C@@H](OS(=O)(=O)[O-])[C@H](O[C@H]5[C@H](O)[C@@H](NS(=O)(=O)[O-])C(C)O[C@@H]5COS(=O)(=O)[O-])O[C@H]4C(=O)[O-])O[C@@H]3COS(=O)(=O)[O-])O[C@@H]2C(=O)[O-])O[C@H](COS(=O)(=O)[O-])[C@@H](O[C@@H]2OC(C(=O)[O-])=C[C@H](O)[C@H]2O)[C@@H]1O.[Na+].[Na+].[Na+].[Na+].[Na+].[Na+].[Na+].[Na+].[Na+].[Na+]. The van der Waals surface area contributed by atoms with Gasteiger partial charge < -0.3 is 155 Å². The van der Waals surface area contributed by atoms with Crippen LogP contribution in [0.5, 0.6) is 0 Å². The fourth-order valence-corrected chi connectivity index (χ4v) is 13.4. The number of aliphatic carboxylic acids is 3. The van der Waals surface area contributed by atoms with E-state index in [1.54, 1.807) is 0 Å². The summed E-state index contributed by atoms with van der Waals surface area (Å²) in [6.45, 7) is -3.87. The standard InChI is InChI=1S/C39H61N3O51S7.10Na/c1-7-14(41-94(57,58)59)18(46)23(11(81-7)4-78-96(63,64)65)86-39-29(93-100(75,76)77)22(50)28(31(91-39)34(55)56)89-36-16(42-95(60,61)62)26(92-99(72,73)74)25(13(84-36)6-80-98(69,70)71)87-38-21(49)20(48)27(30(90-38)33(53)54)88-35-15(40-8(2)43)19(47)24(12(83-35)5-79-97(66,67)68)85-37-17(45)9(44)3-10(82-37)32(51)52;;;;;;;;;;/h3,7,9,11-31,35-39,41-42,44-50H,4-6H2,1-2H3,(H,40,43)(H,51,52)(H,53,54)(H,55,56)(H,57,58,59)(H,60,61,62)(H,63,64,65)(H,66,67,68)(H,69,70,71)(H,72,73,74)(H,75,76,77);;;;;;;;;;/q;10*+1/p-10/t7?,9-,11+,12+,13+,14-,15+,16+,17+,18+,19+,20+,21+,22-,23+,24+,25+,26+,27-,28-,29+,30-,31+,35+,36+,37-,38+,39+;;;;;;;;;;/m0........../s1. The van der Waals surface area contributed by atoms with Crippen LogP contribution in [0.3, 0.4) is 0 Å². The molecule has 0 bridgehead atoms. The van der Waals surface area contributed by atoms with Crippen molar-refractivity contribution in [1.82, 2.24) is 14.8 Å². The van der Waals surface area contributed by atoms with Crippen molar-refractivity contribution in [1.29, 1.82) is 0 Å². The second-order valence-electron chi connectivity index (χ2n) is 21.1. The fraction of sp³-hybridized carbons (Fsp3) is 0.846. The molecule has 1 amide bonds. The van der Waals surface area contributed by atoms with Gasteiger partial charge in [0.25, 0.3) is 0 Å². The van der Waals surface area contributed by atoms with Crippen molar-refractivity contribution in [3.8, 4) is 0 Å². The molecule has 0 aromatic carbocycles. The van der Waals surface area contributed by atoms with E-state index in [2.05, 4.69) is 20.9 Å². The molecule has 0 saturated carbocycles. The van der Waals surface area contributed by atoms with Gasteiger partial charge in [0.2, 0.25) is 64.2 Å². The maximum Gasteiger partial charge on any atom is 1.00 e. The molecule has 6 aliphatic rings. The summed E-state index contributed by atoms with van der Waals surface area (Å²) >= 11 is 0. The van der Waals surface area contributed by atoms with Gasteiger partial charge in [0.15, 0.2) is 51.9 Å². The molecule has 0 radical (unpaired) electrons. The van der Waals surface area contributed by atoms with E-state index in [1.165, 1.54) is 4.72 Å². The Morgan fingerprint density at radius 3 is 1.15 bits per heavy atom. The van der Waals surface area contributed by atoms with Gasteiger partial charge in [-0.3, -0.25) is 25.7 Å². The third kappa shape index (κ3) is 37.8. The van der Waals surface area contributed by atoms with Gasteiger partial charge in [0, 0.05) is 6.92 Å². The van der Waals surface area contributed by atoms with E-state index in [0.29, 0.717) is 13.0 Å². The topological polar surface area (TPSA) is 863 Å². The van der Waals surface area contributed by atoms with Crippen LogP contribution in [0.15, 0.2) is 11.8 Å². The number of carboxylic acids is 3. The monoisotopic (exact) mass is 1830 g/mol. The molecule has 54 nitrogen and oxygen atoms in total. The second-order valence-corrected chi connectivity index (χ2v) is 28.6. The van der Waals surface area contributed by atoms with Crippen LogP contribution < -0.4 is 326 Å². The van der Waals surface area contributed by atoms with Gasteiger partial charge in [-0.1, -0.05) is 0 Å². The number of nitrogens with one attached hydrogen (secondary N) is 3. The van der Waals surface area contributed by atoms with Crippen LogP contribution in [0.1, 0.15) is 13.8 Å². The third-order valence-corrected chi connectivity index (χ3v) is 17.5. The predicted octanol–water partition coefficient (Wildman–Crippen LogP) is -49.9. The molecule has 6 aliphatic heterocycles. The minimum absolute atomic E-state index is 0. The first kappa shape index (κ1) is 124. The zero-order valence-corrected chi connectivity index (χ0v) is 84.5. The minimum atomic E-state index is -6.70. The summed E-state index contributed by atoms with van der Waals surface area (Å²) in [5.41, 5.74) is 0. The first-order valence-electron chi connectivity index (χ1n) is 26.7. The summed E-state index contributed by atoms with van der Waals surface area (Å²) in [7, 11) is -43.2. The molecule has 0 aromatic rings. The number of aliphatic hydroxyl groups is 7. The molecule has 28 atom stereocenters. The zero-order chi connectivity index (χ0) is 75.8. The largest absolute Gasteiger partial charge is 1.00 e. The van der Waals surface area contributed by atoms with E-state index in [0.717, 1.165) is 11.6 Å². The van der Waals surface area contributed by atoms with Gasteiger partial charge in [-0.2, -0.15) is 0 Å². The van der Waals surface area contributed by atoms with Crippen LogP contribution in [-0.2, 0) is 165 Å². The number of aliphatic hydroxyl groups excluding tert-OH is 7. The van der Waals surface area contributed by atoms with Gasteiger partial charge in [0.1, 0.15) is 134 Å². The summed E-state index contributed by atoms with van der Waals surface area (Å²) in [4.78, 5) is 50.0. The second kappa shape index (κ2) is 51.6. The zero-order valence-electron chi connectivity index (χ0n) is 58.8. The average Bonchev–Trinajstić information content (AvgIpc) is 0.758. The molecular formula is C39H51N3Na10O51S7. The van der Waals surface area contributed by atoms with Crippen molar-refractivity contribution >= 4 is 96.4 Å². The van der Waals surface area contributed by atoms with Crippen molar-refractivity contribution < 1.29 is 530 Å². The molecule has 0 aliphatic carbocycles. The van der Waals surface area contributed by atoms with Gasteiger partial charge in [0.05, 0.1) is 43.9 Å². The minimum Gasteiger partial charge on any atom is -0.735 e. The number of amides is 1. The molecular weight excluding hydrogens is 1780 g/mol. The van der Waals surface area contributed by atoms with Crippen molar-refractivity contribution in [2.24, 2.45) is 0 Å². The summed E-state index contributed by atoms with van der Waals surface area (Å²) in [5.74, 6) is -10.1. The molecule has 110 heavy (non-hydrogen) atoms. The predicted molar refractivity (Wildman–Crippen MR) is 270 cm³/mol. The van der Waals surface area contributed by atoms with Crippen molar-refractivity contribution in [2.75, 3.05) is 19.8 Å². The molecule has 5 saturated heterocycles. The average molecular weight is 1830 g/mol. The van der Waals surface area contributed by atoms with E-state index in [9.17, 15) is 161 Å². The number of hydrogen-bond donors (Lipinski definition) is 10. The number of hydrogen-bond acceptors (Lipinski definition) is 51. The number of rotatable bonds is 31. The van der Waals surface area contributed by atoms with Crippen LogP contribution in [0.4, 0.5) is 0 Å². The van der Waals surface area contributed by atoms with Crippen LogP contribution in [0, 0.1) is 0 Å².